The molecule has 140 valence electrons. The molecule has 0 saturated carbocycles. The van der Waals surface area contributed by atoms with Crippen LogP contribution >= 0.6 is 15.9 Å². The normalized spacial score (nSPS) is 22.6. The van der Waals surface area contributed by atoms with E-state index in [2.05, 4.69) is 53.3 Å². The molecule has 1 aliphatic heterocycles. The van der Waals surface area contributed by atoms with Crippen LogP contribution in [0.25, 0.3) is 0 Å². The van der Waals surface area contributed by atoms with Crippen LogP contribution < -0.4 is 5.32 Å². The Kier molecular flexibility index (Phi) is 6.55. The summed E-state index contributed by atoms with van der Waals surface area (Å²) >= 11 is 3.53. The van der Waals surface area contributed by atoms with E-state index in [0.717, 1.165) is 36.9 Å². The summed E-state index contributed by atoms with van der Waals surface area (Å²) in [4.78, 5) is 14.2. The molecule has 1 N–H and O–H groups in total. The number of amides is 1. The van der Waals surface area contributed by atoms with Gasteiger partial charge in [0.05, 0.1) is 0 Å². The van der Waals surface area contributed by atoms with Crippen LogP contribution in [0.3, 0.4) is 0 Å². The van der Waals surface area contributed by atoms with Crippen LogP contribution in [0.1, 0.15) is 59.1 Å². The molecule has 1 aliphatic rings. The van der Waals surface area contributed by atoms with Crippen LogP contribution in [0.2, 0.25) is 0 Å². The maximum absolute atomic E-state index is 12.4. The average molecular weight is 411 g/mol. The van der Waals surface area contributed by atoms with Gasteiger partial charge in [-0.2, -0.15) is 0 Å². The van der Waals surface area contributed by atoms with E-state index in [4.69, 9.17) is 4.74 Å². The summed E-state index contributed by atoms with van der Waals surface area (Å²) in [5, 5.41) is 3.64. The second-order valence-corrected chi connectivity index (χ2v) is 9.39. The van der Waals surface area contributed by atoms with E-state index in [-0.39, 0.29) is 17.6 Å². The molecule has 0 spiro atoms. The van der Waals surface area contributed by atoms with Crippen LogP contribution in [0.15, 0.2) is 28.7 Å². The quantitative estimate of drug-likeness (QED) is 0.746. The predicted molar refractivity (Wildman–Crippen MR) is 106 cm³/mol. The number of hydrogen-bond donors (Lipinski definition) is 1. The summed E-state index contributed by atoms with van der Waals surface area (Å²) in [6, 6.07) is 8.65. The van der Waals surface area contributed by atoms with Gasteiger partial charge in [0.1, 0.15) is 5.60 Å². The molecular weight excluding hydrogens is 380 g/mol. The SMILES string of the molecule is CC(NCC1(C)CCCN(C(=O)OC(C)(C)C)C1)c1cccc(Br)c1. The fourth-order valence-electron chi connectivity index (χ4n) is 3.24. The van der Waals surface area contributed by atoms with Crippen molar-refractivity contribution in [3.63, 3.8) is 0 Å². The number of nitrogens with zero attached hydrogens (tertiary/aromatic N) is 1. The molecule has 1 heterocycles. The van der Waals surface area contributed by atoms with Crippen molar-refractivity contribution in [3.05, 3.63) is 34.3 Å². The molecule has 0 aliphatic carbocycles. The standard InChI is InChI=1S/C20H31BrN2O2/c1-15(16-8-6-9-17(21)12-16)22-13-20(5)10-7-11-23(14-20)18(24)25-19(2,3)4/h6,8-9,12,15,22H,7,10-11,13-14H2,1-5H3. The van der Waals surface area contributed by atoms with Gasteiger partial charge in [-0.25, -0.2) is 4.79 Å². The zero-order chi connectivity index (χ0) is 18.7. The highest BCUT2D eigenvalue weighted by Gasteiger charge is 2.35. The van der Waals surface area contributed by atoms with Gasteiger partial charge in [-0.3, -0.25) is 0 Å². The van der Waals surface area contributed by atoms with E-state index < -0.39 is 5.60 Å². The molecule has 4 nitrogen and oxygen atoms in total. The monoisotopic (exact) mass is 410 g/mol. The second kappa shape index (κ2) is 8.09. The number of carbonyl (C=O) groups excluding carboxylic acids is 1. The van der Waals surface area contributed by atoms with Crippen molar-refractivity contribution in [1.29, 1.82) is 0 Å². The summed E-state index contributed by atoms with van der Waals surface area (Å²) in [5.41, 5.74) is 0.881. The van der Waals surface area contributed by atoms with Gasteiger partial charge in [0.15, 0.2) is 0 Å². The molecule has 1 amide bonds. The molecule has 25 heavy (non-hydrogen) atoms. The van der Waals surface area contributed by atoms with E-state index in [0.29, 0.717) is 0 Å². The summed E-state index contributed by atoms with van der Waals surface area (Å²) in [7, 11) is 0. The Hall–Kier alpha value is -1.07. The van der Waals surface area contributed by atoms with Crippen LogP contribution in [-0.2, 0) is 4.74 Å². The minimum atomic E-state index is -0.446. The first kappa shape index (κ1) is 20.2. The maximum Gasteiger partial charge on any atom is 0.410 e. The van der Waals surface area contributed by atoms with Crippen molar-refractivity contribution in [2.45, 2.75) is 59.1 Å². The lowest BCUT2D eigenvalue weighted by molar-refractivity contribution is 0.00652. The Labute approximate surface area is 160 Å². The summed E-state index contributed by atoms with van der Waals surface area (Å²) in [6.07, 6.45) is 1.94. The van der Waals surface area contributed by atoms with Crippen molar-refractivity contribution >= 4 is 22.0 Å². The number of likely N-dealkylation sites (tertiary alicyclic amines) is 1. The Morgan fingerprint density at radius 2 is 2.16 bits per heavy atom. The first-order valence-corrected chi connectivity index (χ1v) is 9.84. The Morgan fingerprint density at radius 1 is 1.44 bits per heavy atom. The fraction of sp³-hybridized carbons (Fsp3) is 0.650. The van der Waals surface area contributed by atoms with Gasteiger partial charge < -0.3 is 15.0 Å². The van der Waals surface area contributed by atoms with Crippen molar-refractivity contribution in [1.82, 2.24) is 10.2 Å². The molecule has 0 bridgehead atoms. The van der Waals surface area contributed by atoms with E-state index >= 15 is 0 Å². The van der Waals surface area contributed by atoms with Gasteiger partial charge in [-0.05, 0) is 63.6 Å². The van der Waals surface area contributed by atoms with Crippen LogP contribution in [0.5, 0.6) is 0 Å². The minimum absolute atomic E-state index is 0.0649. The van der Waals surface area contributed by atoms with Crippen molar-refractivity contribution < 1.29 is 9.53 Å². The van der Waals surface area contributed by atoms with E-state index in [1.807, 2.05) is 31.7 Å². The molecule has 5 heteroatoms. The van der Waals surface area contributed by atoms with E-state index in [1.54, 1.807) is 0 Å². The van der Waals surface area contributed by atoms with Crippen LogP contribution in [0.4, 0.5) is 4.79 Å². The molecule has 2 rings (SSSR count). The van der Waals surface area contributed by atoms with Gasteiger partial charge in [-0.15, -0.1) is 0 Å². The highest BCUT2D eigenvalue weighted by molar-refractivity contribution is 9.10. The number of benzene rings is 1. The number of nitrogens with one attached hydrogen (secondary N) is 1. The van der Waals surface area contributed by atoms with Gasteiger partial charge in [0, 0.05) is 30.1 Å². The zero-order valence-corrected chi connectivity index (χ0v) is 17.6. The van der Waals surface area contributed by atoms with Gasteiger partial charge in [0.2, 0.25) is 0 Å². The van der Waals surface area contributed by atoms with Crippen LogP contribution in [-0.4, -0.2) is 36.2 Å². The Balaban J connectivity index is 1.93. The maximum atomic E-state index is 12.4. The van der Waals surface area contributed by atoms with Crippen molar-refractivity contribution in [2.75, 3.05) is 19.6 Å². The Bertz CT molecular complexity index is 600. The molecule has 1 saturated heterocycles. The molecule has 2 atom stereocenters. The Morgan fingerprint density at radius 3 is 2.80 bits per heavy atom. The zero-order valence-electron chi connectivity index (χ0n) is 16.1. The molecule has 0 radical (unpaired) electrons. The summed E-state index contributed by atoms with van der Waals surface area (Å²) in [6.45, 7) is 12.6. The third-order valence-corrected chi connectivity index (χ3v) is 5.11. The van der Waals surface area contributed by atoms with Gasteiger partial charge >= 0.3 is 6.09 Å². The van der Waals surface area contributed by atoms with Gasteiger partial charge in [0.25, 0.3) is 0 Å². The molecule has 1 aromatic rings. The lowest BCUT2D eigenvalue weighted by Crippen LogP contribution is -2.50. The highest BCUT2D eigenvalue weighted by Crippen LogP contribution is 2.30. The van der Waals surface area contributed by atoms with Crippen molar-refractivity contribution in [3.8, 4) is 0 Å². The average Bonchev–Trinajstić information content (AvgIpc) is 2.51. The molecule has 2 unspecified atom stereocenters. The smallest absolute Gasteiger partial charge is 0.410 e. The minimum Gasteiger partial charge on any atom is -0.444 e. The third kappa shape index (κ3) is 6.30. The lowest BCUT2D eigenvalue weighted by Gasteiger charge is -2.41. The topological polar surface area (TPSA) is 41.6 Å². The van der Waals surface area contributed by atoms with Gasteiger partial charge in [-0.1, -0.05) is 35.0 Å². The van der Waals surface area contributed by atoms with E-state index in [1.165, 1.54) is 5.56 Å². The molecule has 1 fully saturated rings. The lowest BCUT2D eigenvalue weighted by atomic mass is 9.81. The summed E-state index contributed by atoms with van der Waals surface area (Å²) < 4.78 is 6.64. The number of carbonyl (C=O) groups is 1. The highest BCUT2D eigenvalue weighted by atomic mass is 79.9. The second-order valence-electron chi connectivity index (χ2n) is 8.47. The first-order valence-electron chi connectivity index (χ1n) is 9.05. The number of hydrogen-bond acceptors (Lipinski definition) is 3. The number of piperidine rings is 1. The predicted octanol–water partition coefficient (Wildman–Crippen LogP) is 5.14. The first-order chi connectivity index (χ1) is 11.6. The molecule has 0 aromatic heterocycles. The number of rotatable bonds is 4. The number of ether oxygens (including phenoxy) is 1. The van der Waals surface area contributed by atoms with Crippen LogP contribution in [0, 0.1) is 5.41 Å². The number of halogens is 1. The van der Waals surface area contributed by atoms with Crippen molar-refractivity contribution in [2.24, 2.45) is 5.41 Å². The summed E-state index contributed by atoms with van der Waals surface area (Å²) in [5.74, 6) is 0. The largest absolute Gasteiger partial charge is 0.444 e. The molecular formula is C20H31BrN2O2. The molecule has 1 aromatic carbocycles. The third-order valence-electron chi connectivity index (χ3n) is 4.62. The fourth-order valence-corrected chi connectivity index (χ4v) is 3.65. The van der Waals surface area contributed by atoms with E-state index in [9.17, 15) is 4.79 Å².